The van der Waals surface area contributed by atoms with E-state index >= 15 is 0 Å². The second kappa shape index (κ2) is 3.14. The molecule has 0 heterocycles. The highest BCUT2D eigenvalue weighted by molar-refractivity contribution is 4.98. The summed E-state index contributed by atoms with van der Waals surface area (Å²) in [6.07, 6.45) is 4.87. The average Bonchev–Trinajstić information content (AvgIpc) is 2.40. The van der Waals surface area contributed by atoms with Gasteiger partial charge in [0.2, 0.25) is 0 Å². The smallest absolute Gasteiger partial charge is 0.0515 e. The SMILES string of the molecule is CCC[C@@]1(C)C[C@H]1CC(C)O. The van der Waals surface area contributed by atoms with Crippen LogP contribution in [0.1, 0.15) is 46.5 Å². The molecule has 66 valence electrons. The van der Waals surface area contributed by atoms with Crippen LogP contribution in [0.25, 0.3) is 0 Å². The number of hydrogen-bond donors (Lipinski definition) is 1. The van der Waals surface area contributed by atoms with Gasteiger partial charge in [0.05, 0.1) is 6.10 Å². The Morgan fingerprint density at radius 3 is 2.73 bits per heavy atom. The zero-order chi connectivity index (χ0) is 8.48. The van der Waals surface area contributed by atoms with Gasteiger partial charge < -0.3 is 5.11 Å². The quantitative estimate of drug-likeness (QED) is 0.663. The molecule has 0 bridgehead atoms. The van der Waals surface area contributed by atoms with Gasteiger partial charge in [-0.2, -0.15) is 0 Å². The first-order valence-electron chi connectivity index (χ1n) is 4.76. The third-order valence-electron chi connectivity index (χ3n) is 2.98. The van der Waals surface area contributed by atoms with Gasteiger partial charge in [-0.05, 0) is 37.5 Å². The summed E-state index contributed by atoms with van der Waals surface area (Å²) in [4.78, 5) is 0. The summed E-state index contributed by atoms with van der Waals surface area (Å²) in [6.45, 7) is 6.48. The van der Waals surface area contributed by atoms with Crippen LogP contribution in [0.3, 0.4) is 0 Å². The summed E-state index contributed by atoms with van der Waals surface area (Å²) in [7, 11) is 0. The molecular formula is C10H20O. The number of rotatable bonds is 4. The van der Waals surface area contributed by atoms with E-state index in [4.69, 9.17) is 5.11 Å². The molecule has 0 aromatic carbocycles. The fourth-order valence-corrected chi connectivity index (χ4v) is 2.16. The second-order valence-electron chi connectivity index (χ2n) is 4.39. The first kappa shape index (κ1) is 9.05. The summed E-state index contributed by atoms with van der Waals surface area (Å²) in [5, 5.41) is 9.16. The van der Waals surface area contributed by atoms with E-state index in [0.717, 1.165) is 12.3 Å². The van der Waals surface area contributed by atoms with Crippen LogP contribution in [0.4, 0.5) is 0 Å². The molecular weight excluding hydrogens is 136 g/mol. The topological polar surface area (TPSA) is 20.2 Å². The van der Waals surface area contributed by atoms with Crippen molar-refractivity contribution in [3.8, 4) is 0 Å². The largest absolute Gasteiger partial charge is 0.393 e. The van der Waals surface area contributed by atoms with Crippen LogP contribution in [0.15, 0.2) is 0 Å². The molecule has 0 radical (unpaired) electrons. The van der Waals surface area contributed by atoms with E-state index in [0.29, 0.717) is 5.41 Å². The zero-order valence-corrected chi connectivity index (χ0v) is 7.93. The third-order valence-corrected chi connectivity index (χ3v) is 2.98. The molecule has 0 aromatic heterocycles. The van der Waals surface area contributed by atoms with E-state index in [-0.39, 0.29) is 6.10 Å². The molecule has 0 spiro atoms. The molecule has 1 N–H and O–H groups in total. The van der Waals surface area contributed by atoms with Crippen molar-refractivity contribution in [2.45, 2.75) is 52.6 Å². The summed E-state index contributed by atoms with van der Waals surface area (Å²) >= 11 is 0. The average molecular weight is 156 g/mol. The van der Waals surface area contributed by atoms with Crippen molar-refractivity contribution in [3.05, 3.63) is 0 Å². The Balaban J connectivity index is 2.23. The molecule has 0 aliphatic heterocycles. The van der Waals surface area contributed by atoms with Crippen LogP contribution in [0, 0.1) is 11.3 Å². The third kappa shape index (κ3) is 2.19. The molecule has 1 rings (SSSR count). The molecule has 1 aliphatic carbocycles. The van der Waals surface area contributed by atoms with Crippen LogP contribution in [0.5, 0.6) is 0 Å². The standard InChI is InChI=1S/C10H20O/c1-4-5-10(3)7-9(10)6-8(2)11/h8-9,11H,4-7H2,1-3H3/t8?,9-,10+/m1/s1. The second-order valence-corrected chi connectivity index (χ2v) is 4.39. The summed E-state index contributed by atoms with van der Waals surface area (Å²) in [6, 6.07) is 0. The number of aliphatic hydroxyl groups excluding tert-OH is 1. The maximum Gasteiger partial charge on any atom is 0.0515 e. The summed E-state index contributed by atoms with van der Waals surface area (Å²) in [5.41, 5.74) is 0.589. The van der Waals surface area contributed by atoms with Crippen molar-refractivity contribution < 1.29 is 5.11 Å². The normalized spacial score (nSPS) is 38.7. The van der Waals surface area contributed by atoms with Crippen LogP contribution < -0.4 is 0 Å². The Morgan fingerprint density at radius 2 is 2.27 bits per heavy atom. The van der Waals surface area contributed by atoms with Gasteiger partial charge in [-0.1, -0.05) is 20.3 Å². The van der Waals surface area contributed by atoms with Gasteiger partial charge in [0.15, 0.2) is 0 Å². The number of hydrogen-bond acceptors (Lipinski definition) is 1. The lowest BCUT2D eigenvalue weighted by atomic mass is 9.98. The minimum atomic E-state index is -0.0984. The van der Waals surface area contributed by atoms with Crippen LogP contribution >= 0.6 is 0 Å². The molecule has 1 aliphatic rings. The van der Waals surface area contributed by atoms with E-state index in [9.17, 15) is 0 Å². The lowest BCUT2D eigenvalue weighted by Crippen LogP contribution is -2.05. The molecule has 1 heteroatoms. The van der Waals surface area contributed by atoms with E-state index in [2.05, 4.69) is 13.8 Å². The lowest BCUT2D eigenvalue weighted by Gasteiger charge is -2.10. The van der Waals surface area contributed by atoms with E-state index in [1.54, 1.807) is 0 Å². The maximum absolute atomic E-state index is 9.16. The molecule has 1 fully saturated rings. The van der Waals surface area contributed by atoms with Gasteiger partial charge >= 0.3 is 0 Å². The Bertz CT molecular complexity index is 131. The molecule has 1 nitrogen and oxygen atoms in total. The fourth-order valence-electron chi connectivity index (χ4n) is 2.16. The monoisotopic (exact) mass is 156 g/mol. The van der Waals surface area contributed by atoms with Crippen LogP contribution in [-0.4, -0.2) is 11.2 Å². The highest BCUT2D eigenvalue weighted by Gasteiger charge is 2.48. The van der Waals surface area contributed by atoms with Crippen molar-refractivity contribution in [3.63, 3.8) is 0 Å². The summed E-state index contributed by atoms with van der Waals surface area (Å²) < 4.78 is 0. The van der Waals surface area contributed by atoms with Gasteiger partial charge in [0.25, 0.3) is 0 Å². The maximum atomic E-state index is 9.16. The first-order valence-corrected chi connectivity index (χ1v) is 4.76. The molecule has 1 saturated carbocycles. The highest BCUT2D eigenvalue weighted by atomic mass is 16.3. The Morgan fingerprint density at radius 1 is 1.64 bits per heavy atom. The van der Waals surface area contributed by atoms with Crippen molar-refractivity contribution >= 4 is 0 Å². The van der Waals surface area contributed by atoms with Gasteiger partial charge in [0.1, 0.15) is 0 Å². The molecule has 3 atom stereocenters. The van der Waals surface area contributed by atoms with Crippen molar-refractivity contribution in [1.29, 1.82) is 0 Å². The molecule has 0 amide bonds. The first-order chi connectivity index (χ1) is 5.08. The molecule has 1 unspecified atom stereocenters. The van der Waals surface area contributed by atoms with Gasteiger partial charge in [-0.25, -0.2) is 0 Å². The zero-order valence-electron chi connectivity index (χ0n) is 7.93. The molecule has 0 aromatic rings. The van der Waals surface area contributed by atoms with Crippen LogP contribution in [-0.2, 0) is 0 Å². The van der Waals surface area contributed by atoms with Crippen molar-refractivity contribution in [2.24, 2.45) is 11.3 Å². The van der Waals surface area contributed by atoms with Gasteiger partial charge in [-0.3, -0.25) is 0 Å². The Labute approximate surface area is 69.8 Å². The number of aliphatic hydroxyl groups is 1. The summed E-state index contributed by atoms with van der Waals surface area (Å²) in [5.74, 6) is 0.808. The Kier molecular flexibility index (Phi) is 2.58. The molecule has 0 saturated heterocycles. The van der Waals surface area contributed by atoms with Gasteiger partial charge in [-0.15, -0.1) is 0 Å². The van der Waals surface area contributed by atoms with E-state index < -0.39 is 0 Å². The highest BCUT2D eigenvalue weighted by Crippen LogP contribution is 2.57. The van der Waals surface area contributed by atoms with Crippen molar-refractivity contribution in [1.82, 2.24) is 0 Å². The Hall–Kier alpha value is -0.0400. The molecule has 11 heavy (non-hydrogen) atoms. The minimum Gasteiger partial charge on any atom is -0.393 e. The minimum absolute atomic E-state index is 0.0984. The predicted octanol–water partition coefficient (Wildman–Crippen LogP) is 2.58. The lowest BCUT2D eigenvalue weighted by molar-refractivity contribution is 0.170. The van der Waals surface area contributed by atoms with E-state index in [1.807, 2.05) is 6.92 Å². The van der Waals surface area contributed by atoms with Crippen molar-refractivity contribution in [2.75, 3.05) is 0 Å². The van der Waals surface area contributed by atoms with E-state index in [1.165, 1.54) is 19.3 Å². The predicted molar refractivity (Wildman–Crippen MR) is 47.4 cm³/mol. The fraction of sp³-hybridized carbons (Fsp3) is 1.00. The van der Waals surface area contributed by atoms with Gasteiger partial charge in [0, 0.05) is 0 Å². The van der Waals surface area contributed by atoms with Crippen LogP contribution in [0.2, 0.25) is 0 Å².